The number of hydrogen-bond donors (Lipinski definition) is 1. The maximum atomic E-state index is 12.3. The molecule has 3 nitrogen and oxygen atoms in total. The summed E-state index contributed by atoms with van der Waals surface area (Å²) in [6, 6.07) is 13.7. The zero-order chi connectivity index (χ0) is 15.5. The summed E-state index contributed by atoms with van der Waals surface area (Å²) in [6.07, 6.45) is 0.662. The summed E-state index contributed by atoms with van der Waals surface area (Å²) in [5.74, 6) is 0.676. The Morgan fingerprint density at radius 1 is 1.27 bits per heavy atom. The molecule has 0 bridgehead atoms. The summed E-state index contributed by atoms with van der Waals surface area (Å²) in [7, 11) is 0. The molecule has 1 N–H and O–H groups in total. The van der Waals surface area contributed by atoms with E-state index in [4.69, 9.17) is 16.3 Å². The number of amides is 1. The third kappa shape index (κ3) is 3.42. The van der Waals surface area contributed by atoms with E-state index in [0.717, 1.165) is 16.9 Å². The number of benzene rings is 2. The molecule has 1 atom stereocenters. The normalized spacial score (nSPS) is 16.5. The summed E-state index contributed by atoms with van der Waals surface area (Å²) in [5.41, 5.74) is 3.30. The van der Waals surface area contributed by atoms with Crippen molar-refractivity contribution in [3.63, 3.8) is 0 Å². The summed E-state index contributed by atoms with van der Waals surface area (Å²) in [5, 5.41) is 3.65. The zero-order valence-corrected chi connectivity index (χ0v) is 13.2. The number of rotatable bonds is 3. The van der Waals surface area contributed by atoms with Gasteiger partial charge in [-0.1, -0.05) is 41.4 Å². The predicted molar refractivity (Wildman–Crippen MR) is 87.2 cm³/mol. The molecule has 22 heavy (non-hydrogen) atoms. The Labute approximate surface area is 135 Å². The van der Waals surface area contributed by atoms with Gasteiger partial charge in [0.05, 0.1) is 5.92 Å². The van der Waals surface area contributed by atoms with Crippen molar-refractivity contribution in [3.05, 3.63) is 64.2 Å². The van der Waals surface area contributed by atoms with Crippen LogP contribution >= 0.6 is 11.6 Å². The van der Waals surface area contributed by atoms with Gasteiger partial charge < -0.3 is 10.1 Å². The molecule has 1 amide bonds. The Morgan fingerprint density at radius 2 is 2.05 bits per heavy atom. The smallest absolute Gasteiger partial charge is 0.227 e. The third-order valence-corrected chi connectivity index (χ3v) is 4.12. The maximum Gasteiger partial charge on any atom is 0.227 e. The second-order valence-electron chi connectivity index (χ2n) is 5.67. The van der Waals surface area contributed by atoms with Crippen molar-refractivity contribution in [2.24, 2.45) is 5.92 Å². The third-order valence-electron chi connectivity index (χ3n) is 3.89. The number of fused-ring (bicyclic) bond motifs is 1. The van der Waals surface area contributed by atoms with E-state index in [1.807, 2.05) is 43.3 Å². The monoisotopic (exact) mass is 315 g/mol. The molecule has 4 heteroatoms. The minimum Gasteiger partial charge on any atom is -0.492 e. The minimum absolute atomic E-state index is 0.0196. The molecule has 2 aromatic carbocycles. The van der Waals surface area contributed by atoms with Gasteiger partial charge in [0.1, 0.15) is 12.4 Å². The SMILES string of the molecule is Cc1ccc(CNC(=O)C2COc3ccc(Cl)cc3C2)cc1. The van der Waals surface area contributed by atoms with Gasteiger partial charge >= 0.3 is 0 Å². The highest BCUT2D eigenvalue weighted by molar-refractivity contribution is 6.30. The Bertz CT molecular complexity index is 682. The van der Waals surface area contributed by atoms with Crippen LogP contribution in [0.4, 0.5) is 0 Å². The number of halogens is 1. The predicted octanol–water partition coefficient (Wildman–Crippen LogP) is 3.52. The Balaban J connectivity index is 1.60. The van der Waals surface area contributed by atoms with Gasteiger partial charge in [-0.05, 0) is 42.7 Å². The van der Waals surface area contributed by atoms with Crippen LogP contribution < -0.4 is 10.1 Å². The molecule has 114 valence electrons. The van der Waals surface area contributed by atoms with E-state index < -0.39 is 0 Å². The van der Waals surface area contributed by atoms with Crippen molar-refractivity contribution in [1.82, 2.24) is 5.32 Å². The van der Waals surface area contributed by atoms with Gasteiger partial charge in [0.25, 0.3) is 0 Å². The van der Waals surface area contributed by atoms with Gasteiger partial charge in [0.2, 0.25) is 5.91 Å². The van der Waals surface area contributed by atoms with Crippen LogP contribution in [0.5, 0.6) is 5.75 Å². The molecule has 2 aromatic rings. The standard InChI is InChI=1S/C18H18ClNO2/c1-12-2-4-13(5-3-12)10-20-18(21)15-8-14-9-16(19)6-7-17(14)22-11-15/h2-7,9,15H,8,10-11H2,1H3,(H,20,21). The fourth-order valence-electron chi connectivity index (χ4n) is 2.57. The average molecular weight is 316 g/mol. The summed E-state index contributed by atoms with van der Waals surface area (Å²) >= 11 is 6.00. The van der Waals surface area contributed by atoms with Crippen LogP contribution in [0.25, 0.3) is 0 Å². The molecular formula is C18H18ClNO2. The molecular weight excluding hydrogens is 298 g/mol. The molecule has 0 saturated heterocycles. The highest BCUT2D eigenvalue weighted by atomic mass is 35.5. The lowest BCUT2D eigenvalue weighted by atomic mass is 9.96. The summed E-state index contributed by atoms with van der Waals surface area (Å²) < 4.78 is 5.66. The van der Waals surface area contributed by atoms with E-state index in [9.17, 15) is 4.79 Å². The first kappa shape index (κ1) is 14.9. The van der Waals surface area contributed by atoms with Crippen LogP contribution in [0.3, 0.4) is 0 Å². The molecule has 0 saturated carbocycles. The molecule has 1 unspecified atom stereocenters. The number of nitrogens with one attached hydrogen (secondary N) is 1. The highest BCUT2D eigenvalue weighted by Gasteiger charge is 2.25. The van der Waals surface area contributed by atoms with E-state index in [2.05, 4.69) is 5.32 Å². The number of carbonyl (C=O) groups is 1. The van der Waals surface area contributed by atoms with Gasteiger partial charge in [-0.3, -0.25) is 4.79 Å². The van der Waals surface area contributed by atoms with Crippen LogP contribution in [-0.4, -0.2) is 12.5 Å². The Morgan fingerprint density at radius 3 is 2.82 bits per heavy atom. The number of hydrogen-bond acceptors (Lipinski definition) is 2. The van der Waals surface area contributed by atoms with Gasteiger partial charge in [-0.15, -0.1) is 0 Å². The Kier molecular flexibility index (Phi) is 4.34. The molecule has 1 aliphatic heterocycles. The largest absolute Gasteiger partial charge is 0.492 e. The van der Waals surface area contributed by atoms with Gasteiger partial charge in [0.15, 0.2) is 0 Å². The zero-order valence-electron chi connectivity index (χ0n) is 12.4. The maximum absolute atomic E-state index is 12.3. The van der Waals surface area contributed by atoms with Gasteiger partial charge in [-0.2, -0.15) is 0 Å². The van der Waals surface area contributed by atoms with E-state index >= 15 is 0 Å². The van der Waals surface area contributed by atoms with Crippen molar-refractivity contribution in [2.45, 2.75) is 19.9 Å². The fourth-order valence-corrected chi connectivity index (χ4v) is 2.77. The lowest BCUT2D eigenvalue weighted by Crippen LogP contribution is -2.37. The fraction of sp³-hybridized carbons (Fsp3) is 0.278. The molecule has 1 aliphatic rings. The number of carbonyl (C=O) groups excluding carboxylic acids is 1. The second-order valence-corrected chi connectivity index (χ2v) is 6.10. The highest BCUT2D eigenvalue weighted by Crippen LogP contribution is 2.29. The van der Waals surface area contributed by atoms with E-state index in [0.29, 0.717) is 24.6 Å². The topological polar surface area (TPSA) is 38.3 Å². The number of aryl methyl sites for hydroxylation is 1. The van der Waals surface area contributed by atoms with Crippen LogP contribution in [0.15, 0.2) is 42.5 Å². The van der Waals surface area contributed by atoms with Crippen molar-refractivity contribution in [3.8, 4) is 5.75 Å². The molecule has 0 fully saturated rings. The quantitative estimate of drug-likeness (QED) is 0.941. The van der Waals surface area contributed by atoms with Gasteiger partial charge in [0, 0.05) is 11.6 Å². The summed E-state index contributed by atoms with van der Waals surface area (Å²) in [6.45, 7) is 3.00. The van der Waals surface area contributed by atoms with Crippen molar-refractivity contribution < 1.29 is 9.53 Å². The van der Waals surface area contributed by atoms with E-state index in [1.165, 1.54) is 5.56 Å². The number of ether oxygens (including phenoxy) is 1. The second kappa shape index (κ2) is 6.41. The van der Waals surface area contributed by atoms with Crippen LogP contribution in [0, 0.1) is 12.8 Å². The average Bonchev–Trinajstić information content (AvgIpc) is 2.53. The van der Waals surface area contributed by atoms with Crippen LogP contribution in [0.2, 0.25) is 5.02 Å². The minimum atomic E-state index is -0.170. The van der Waals surface area contributed by atoms with E-state index in [1.54, 1.807) is 6.07 Å². The first-order valence-corrected chi connectivity index (χ1v) is 7.74. The lowest BCUT2D eigenvalue weighted by molar-refractivity contribution is -0.126. The Hall–Kier alpha value is -2.00. The lowest BCUT2D eigenvalue weighted by Gasteiger charge is -2.24. The van der Waals surface area contributed by atoms with E-state index in [-0.39, 0.29) is 11.8 Å². The molecule has 3 rings (SSSR count). The molecule has 0 spiro atoms. The molecule has 0 aliphatic carbocycles. The van der Waals surface area contributed by atoms with Crippen molar-refractivity contribution in [2.75, 3.05) is 6.61 Å². The molecule has 0 aromatic heterocycles. The van der Waals surface area contributed by atoms with Crippen LogP contribution in [0.1, 0.15) is 16.7 Å². The van der Waals surface area contributed by atoms with Crippen molar-refractivity contribution >= 4 is 17.5 Å². The first-order chi connectivity index (χ1) is 10.6. The van der Waals surface area contributed by atoms with Crippen LogP contribution in [-0.2, 0) is 17.8 Å². The van der Waals surface area contributed by atoms with Crippen molar-refractivity contribution in [1.29, 1.82) is 0 Å². The van der Waals surface area contributed by atoms with Gasteiger partial charge in [-0.25, -0.2) is 0 Å². The first-order valence-electron chi connectivity index (χ1n) is 7.36. The molecule has 1 heterocycles. The molecule has 0 radical (unpaired) electrons. The summed E-state index contributed by atoms with van der Waals surface area (Å²) in [4.78, 5) is 12.3.